The van der Waals surface area contributed by atoms with E-state index in [2.05, 4.69) is 9.71 Å². The summed E-state index contributed by atoms with van der Waals surface area (Å²) in [6.45, 7) is 2.02. The fourth-order valence-corrected chi connectivity index (χ4v) is 3.51. The summed E-state index contributed by atoms with van der Waals surface area (Å²) >= 11 is 6.47. The van der Waals surface area contributed by atoms with Crippen LogP contribution in [0, 0.1) is 0 Å². The fourth-order valence-electron chi connectivity index (χ4n) is 0.970. The highest BCUT2D eigenvalue weighted by Gasteiger charge is 2.19. The van der Waals surface area contributed by atoms with Crippen LogP contribution in [0.2, 0.25) is 4.47 Å². The van der Waals surface area contributed by atoms with E-state index in [-0.39, 0.29) is 14.7 Å². The van der Waals surface area contributed by atoms with Crippen molar-refractivity contribution in [2.24, 2.45) is 0 Å². The zero-order valence-electron chi connectivity index (χ0n) is 8.23. The molecule has 0 aliphatic carbocycles. The number of nitrogens with one attached hydrogen (secondary N) is 1. The van der Waals surface area contributed by atoms with Crippen molar-refractivity contribution in [2.45, 2.75) is 17.2 Å². The summed E-state index contributed by atoms with van der Waals surface area (Å²) in [6.07, 6.45) is 1.23. The number of hydrogen-bond acceptors (Lipinski definition) is 5. The van der Waals surface area contributed by atoms with E-state index >= 15 is 0 Å². The van der Waals surface area contributed by atoms with E-state index in [1.54, 1.807) is 6.92 Å². The summed E-state index contributed by atoms with van der Waals surface area (Å²) in [5.74, 6) is 0. The van der Waals surface area contributed by atoms with Gasteiger partial charge in [0.25, 0.3) is 10.0 Å². The number of ether oxygens (including phenoxy) is 1. The Kier molecular flexibility index (Phi) is 4.47. The monoisotopic (exact) mass is 270 g/mol. The van der Waals surface area contributed by atoms with Crippen molar-refractivity contribution in [3.05, 3.63) is 10.7 Å². The Bertz CT molecular complexity index is 418. The van der Waals surface area contributed by atoms with E-state index in [1.165, 1.54) is 13.3 Å². The van der Waals surface area contributed by atoms with Gasteiger partial charge in [0.15, 0.2) is 8.68 Å². The fraction of sp³-hybridized carbons (Fsp3) is 0.571. The number of rotatable bonds is 5. The maximum Gasteiger partial charge on any atom is 0.252 e. The molecule has 1 unspecified atom stereocenters. The summed E-state index contributed by atoms with van der Waals surface area (Å²) in [7, 11) is -2.01. The van der Waals surface area contributed by atoms with E-state index in [0.717, 1.165) is 11.3 Å². The van der Waals surface area contributed by atoms with Crippen LogP contribution in [-0.4, -0.2) is 33.2 Å². The van der Waals surface area contributed by atoms with Gasteiger partial charge in [0, 0.05) is 13.2 Å². The molecule has 1 N–H and O–H groups in total. The molecule has 0 fully saturated rings. The molecule has 1 aromatic heterocycles. The van der Waals surface area contributed by atoms with Crippen molar-refractivity contribution in [1.82, 2.24) is 9.71 Å². The molecule has 1 aromatic rings. The number of hydrogen-bond donors (Lipinski definition) is 1. The summed E-state index contributed by atoms with van der Waals surface area (Å²) in [6, 6.07) is -0.291. The third-order valence-electron chi connectivity index (χ3n) is 1.49. The van der Waals surface area contributed by atoms with Crippen LogP contribution in [0.15, 0.2) is 10.4 Å². The average molecular weight is 271 g/mol. The lowest BCUT2D eigenvalue weighted by molar-refractivity contribution is 0.180. The van der Waals surface area contributed by atoms with Crippen LogP contribution in [0.5, 0.6) is 0 Å². The van der Waals surface area contributed by atoms with Crippen LogP contribution in [0.25, 0.3) is 0 Å². The molecule has 86 valence electrons. The number of thiazole rings is 1. The van der Waals surface area contributed by atoms with Crippen LogP contribution in [-0.2, 0) is 14.8 Å². The van der Waals surface area contributed by atoms with Gasteiger partial charge in [-0.1, -0.05) is 22.9 Å². The minimum Gasteiger partial charge on any atom is -0.383 e. The van der Waals surface area contributed by atoms with Gasteiger partial charge in [-0.05, 0) is 6.92 Å². The molecular weight excluding hydrogens is 260 g/mol. The average Bonchev–Trinajstić information content (AvgIpc) is 2.51. The lowest BCUT2D eigenvalue weighted by Crippen LogP contribution is -2.35. The van der Waals surface area contributed by atoms with Gasteiger partial charge in [0.2, 0.25) is 0 Å². The second-order valence-corrected chi connectivity index (χ2v) is 6.46. The Morgan fingerprint density at radius 2 is 2.40 bits per heavy atom. The first kappa shape index (κ1) is 12.9. The molecule has 1 atom stereocenters. The molecular formula is C7H11ClN2O3S2. The summed E-state index contributed by atoms with van der Waals surface area (Å²) in [5.41, 5.74) is 0. The van der Waals surface area contributed by atoms with Gasteiger partial charge in [0.1, 0.15) is 0 Å². The van der Waals surface area contributed by atoms with Crippen LogP contribution >= 0.6 is 22.9 Å². The van der Waals surface area contributed by atoms with Gasteiger partial charge in [0.05, 0.1) is 12.8 Å². The van der Waals surface area contributed by atoms with Crippen molar-refractivity contribution in [2.75, 3.05) is 13.7 Å². The Balaban J connectivity index is 2.76. The van der Waals surface area contributed by atoms with Crippen LogP contribution < -0.4 is 4.72 Å². The zero-order chi connectivity index (χ0) is 11.5. The summed E-state index contributed by atoms with van der Waals surface area (Å²) in [4.78, 5) is 3.67. The maximum absolute atomic E-state index is 11.7. The first-order valence-corrected chi connectivity index (χ1v) is 6.76. The van der Waals surface area contributed by atoms with Gasteiger partial charge in [-0.3, -0.25) is 0 Å². The number of halogens is 1. The van der Waals surface area contributed by atoms with E-state index in [9.17, 15) is 8.42 Å². The highest BCUT2D eigenvalue weighted by atomic mass is 35.5. The number of sulfonamides is 1. The van der Waals surface area contributed by atoms with Crippen molar-refractivity contribution in [3.63, 3.8) is 0 Å². The third-order valence-corrected chi connectivity index (χ3v) is 4.66. The van der Waals surface area contributed by atoms with Crippen molar-refractivity contribution in [1.29, 1.82) is 0 Å². The molecule has 0 amide bonds. The normalized spacial score (nSPS) is 14.1. The van der Waals surface area contributed by atoms with Gasteiger partial charge < -0.3 is 4.74 Å². The van der Waals surface area contributed by atoms with E-state index in [0.29, 0.717) is 6.61 Å². The molecule has 0 saturated carbocycles. The highest BCUT2D eigenvalue weighted by Crippen LogP contribution is 2.22. The Hall–Kier alpha value is -0.210. The Morgan fingerprint density at radius 3 is 2.87 bits per heavy atom. The topological polar surface area (TPSA) is 68.3 Å². The smallest absolute Gasteiger partial charge is 0.252 e. The molecule has 0 bridgehead atoms. The predicted octanol–water partition coefficient (Wildman–Crippen LogP) is 1.11. The van der Waals surface area contributed by atoms with Crippen LogP contribution in [0.4, 0.5) is 0 Å². The number of aromatic nitrogens is 1. The van der Waals surface area contributed by atoms with Crippen LogP contribution in [0.3, 0.4) is 0 Å². The van der Waals surface area contributed by atoms with Crippen molar-refractivity contribution >= 4 is 33.0 Å². The molecule has 0 radical (unpaired) electrons. The van der Waals surface area contributed by atoms with Crippen molar-refractivity contribution in [3.8, 4) is 0 Å². The zero-order valence-corrected chi connectivity index (χ0v) is 10.6. The lowest BCUT2D eigenvalue weighted by Gasteiger charge is -2.11. The lowest BCUT2D eigenvalue weighted by atomic mass is 10.4. The van der Waals surface area contributed by atoms with Gasteiger partial charge in [-0.25, -0.2) is 18.1 Å². The van der Waals surface area contributed by atoms with Crippen LogP contribution in [0.1, 0.15) is 6.92 Å². The molecule has 0 saturated heterocycles. The molecule has 0 aromatic carbocycles. The summed E-state index contributed by atoms with van der Waals surface area (Å²) < 4.78 is 30.9. The van der Waals surface area contributed by atoms with Gasteiger partial charge >= 0.3 is 0 Å². The first-order valence-electron chi connectivity index (χ1n) is 4.08. The second-order valence-electron chi connectivity index (χ2n) is 2.91. The maximum atomic E-state index is 11.7. The molecule has 15 heavy (non-hydrogen) atoms. The molecule has 0 spiro atoms. The molecule has 8 heteroatoms. The van der Waals surface area contributed by atoms with Crippen molar-refractivity contribution < 1.29 is 13.2 Å². The minimum atomic E-state index is -3.52. The van der Waals surface area contributed by atoms with Gasteiger partial charge in [-0.15, -0.1) is 0 Å². The molecule has 1 rings (SSSR count). The SMILES string of the molecule is COCC(C)NS(=O)(=O)c1cnc(Cl)s1. The molecule has 0 aliphatic rings. The van der Waals surface area contributed by atoms with E-state index < -0.39 is 10.0 Å². The minimum absolute atomic E-state index is 0.107. The largest absolute Gasteiger partial charge is 0.383 e. The Morgan fingerprint density at radius 1 is 1.73 bits per heavy atom. The van der Waals surface area contributed by atoms with E-state index in [4.69, 9.17) is 16.3 Å². The third kappa shape index (κ3) is 3.69. The standard InChI is InChI=1S/C7H11ClN2O3S2/c1-5(4-13-2)10-15(11,12)6-3-9-7(8)14-6/h3,5,10H,4H2,1-2H3. The molecule has 1 heterocycles. The summed E-state index contributed by atoms with van der Waals surface area (Å²) in [5, 5.41) is 0. The highest BCUT2D eigenvalue weighted by molar-refractivity contribution is 7.91. The van der Waals surface area contributed by atoms with E-state index in [1.807, 2.05) is 0 Å². The quantitative estimate of drug-likeness (QED) is 0.870. The number of methoxy groups -OCH3 is 1. The molecule has 0 aliphatic heterocycles. The van der Waals surface area contributed by atoms with Gasteiger partial charge in [-0.2, -0.15) is 0 Å². The Labute approximate surface area is 97.5 Å². The number of nitrogens with zero attached hydrogens (tertiary/aromatic N) is 1. The predicted molar refractivity (Wildman–Crippen MR) is 58.8 cm³/mol. The molecule has 5 nitrogen and oxygen atoms in total. The second kappa shape index (κ2) is 5.22. The first-order chi connectivity index (χ1) is 6.95.